The Morgan fingerprint density at radius 3 is 2.50 bits per heavy atom. The van der Waals surface area contributed by atoms with Gasteiger partial charge in [0.15, 0.2) is 0 Å². The second-order valence-electron chi connectivity index (χ2n) is 4.98. The standard InChI is InChI=1S/C17H17N3O2/c1-3-15(20-12(2)5-4-6-16(20)21)17(22)19-14-9-7-13(11-18)8-10-14/h4-10,15H,3H2,1-2H3,(H,19,22). The number of carbonyl (C=O) groups excluding carboxylic acids is 1. The van der Waals surface area contributed by atoms with E-state index in [1.54, 1.807) is 43.3 Å². The van der Waals surface area contributed by atoms with Gasteiger partial charge in [-0.15, -0.1) is 0 Å². The molecule has 1 heterocycles. The van der Waals surface area contributed by atoms with E-state index in [2.05, 4.69) is 5.32 Å². The Morgan fingerprint density at radius 1 is 1.27 bits per heavy atom. The highest BCUT2D eigenvalue weighted by Gasteiger charge is 2.20. The molecule has 1 amide bonds. The summed E-state index contributed by atoms with van der Waals surface area (Å²) < 4.78 is 1.50. The van der Waals surface area contributed by atoms with Gasteiger partial charge >= 0.3 is 0 Å². The van der Waals surface area contributed by atoms with Crippen molar-refractivity contribution in [3.63, 3.8) is 0 Å². The zero-order valence-electron chi connectivity index (χ0n) is 12.5. The number of benzene rings is 1. The van der Waals surface area contributed by atoms with E-state index < -0.39 is 6.04 Å². The zero-order chi connectivity index (χ0) is 16.1. The third kappa shape index (κ3) is 3.23. The lowest BCUT2D eigenvalue weighted by molar-refractivity contribution is -0.119. The number of rotatable bonds is 4. The summed E-state index contributed by atoms with van der Waals surface area (Å²) in [5.74, 6) is -0.247. The summed E-state index contributed by atoms with van der Waals surface area (Å²) in [6.45, 7) is 3.67. The summed E-state index contributed by atoms with van der Waals surface area (Å²) in [7, 11) is 0. The van der Waals surface area contributed by atoms with Crippen molar-refractivity contribution in [2.24, 2.45) is 0 Å². The topological polar surface area (TPSA) is 74.9 Å². The molecule has 0 bridgehead atoms. The Kier molecular flexibility index (Phi) is 4.74. The number of nitrogens with one attached hydrogen (secondary N) is 1. The molecule has 2 aromatic rings. The molecule has 22 heavy (non-hydrogen) atoms. The van der Waals surface area contributed by atoms with Crippen LogP contribution in [0.5, 0.6) is 0 Å². The number of aryl methyl sites for hydroxylation is 1. The summed E-state index contributed by atoms with van der Waals surface area (Å²) in [5.41, 5.74) is 1.68. The highest BCUT2D eigenvalue weighted by atomic mass is 16.2. The van der Waals surface area contributed by atoms with E-state index >= 15 is 0 Å². The molecule has 0 aliphatic carbocycles. The molecule has 1 unspecified atom stereocenters. The average Bonchev–Trinajstić information content (AvgIpc) is 2.51. The molecule has 1 N–H and O–H groups in total. The van der Waals surface area contributed by atoms with Gasteiger partial charge in [0, 0.05) is 17.4 Å². The van der Waals surface area contributed by atoms with Crippen molar-refractivity contribution in [3.8, 4) is 6.07 Å². The number of hydrogen-bond donors (Lipinski definition) is 1. The predicted molar refractivity (Wildman–Crippen MR) is 84.6 cm³/mol. The van der Waals surface area contributed by atoms with Crippen molar-refractivity contribution in [1.29, 1.82) is 5.26 Å². The first kappa shape index (κ1) is 15.5. The lowest BCUT2D eigenvalue weighted by Gasteiger charge is -2.20. The summed E-state index contributed by atoms with van der Waals surface area (Å²) >= 11 is 0. The zero-order valence-corrected chi connectivity index (χ0v) is 12.5. The molecular weight excluding hydrogens is 278 g/mol. The van der Waals surface area contributed by atoms with Crippen molar-refractivity contribution in [1.82, 2.24) is 4.57 Å². The number of anilines is 1. The lowest BCUT2D eigenvalue weighted by atomic mass is 10.1. The maximum Gasteiger partial charge on any atom is 0.251 e. The first-order valence-electron chi connectivity index (χ1n) is 7.06. The summed E-state index contributed by atoms with van der Waals surface area (Å²) in [4.78, 5) is 24.5. The number of nitrogens with zero attached hydrogens (tertiary/aromatic N) is 2. The molecular formula is C17H17N3O2. The Balaban J connectivity index is 2.26. The number of amides is 1. The van der Waals surface area contributed by atoms with Gasteiger partial charge in [0.2, 0.25) is 5.91 Å². The molecule has 0 radical (unpaired) electrons. The number of carbonyl (C=O) groups is 1. The van der Waals surface area contributed by atoms with Gasteiger partial charge < -0.3 is 9.88 Å². The number of pyridine rings is 1. The fraction of sp³-hybridized carbons (Fsp3) is 0.235. The normalized spacial score (nSPS) is 11.5. The monoisotopic (exact) mass is 295 g/mol. The van der Waals surface area contributed by atoms with Gasteiger partial charge in [0.05, 0.1) is 11.6 Å². The van der Waals surface area contributed by atoms with E-state index in [0.717, 1.165) is 5.69 Å². The van der Waals surface area contributed by atoms with Crippen molar-refractivity contribution in [2.45, 2.75) is 26.3 Å². The van der Waals surface area contributed by atoms with Gasteiger partial charge in [-0.05, 0) is 43.7 Å². The first-order valence-corrected chi connectivity index (χ1v) is 7.06. The smallest absolute Gasteiger partial charge is 0.251 e. The Morgan fingerprint density at radius 2 is 1.95 bits per heavy atom. The Labute approximate surface area is 128 Å². The third-order valence-electron chi connectivity index (χ3n) is 3.48. The molecule has 0 spiro atoms. The maximum absolute atomic E-state index is 12.5. The lowest BCUT2D eigenvalue weighted by Crippen LogP contribution is -2.33. The molecule has 1 aromatic heterocycles. The largest absolute Gasteiger partial charge is 0.324 e. The molecule has 0 aliphatic rings. The molecule has 112 valence electrons. The molecule has 1 atom stereocenters. The predicted octanol–water partition coefficient (Wildman–Crippen LogP) is 2.62. The molecule has 0 saturated heterocycles. The summed E-state index contributed by atoms with van der Waals surface area (Å²) in [5, 5.41) is 11.6. The average molecular weight is 295 g/mol. The minimum atomic E-state index is -0.565. The van der Waals surface area contributed by atoms with Crippen LogP contribution in [0.15, 0.2) is 47.3 Å². The molecule has 0 aliphatic heterocycles. The summed E-state index contributed by atoms with van der Waals surface area (Å²) in [6, 6.07) is 13.0. The number of nitriles is 1. The second kappa shape index (κ2) is 6.72. The van der Waals surface area contributed by atoms with Crippen molar-refractivity contribution < 1.29 is 4.79 Å². The Bertz CT molecular complexity index is 770. The van der Waals surface area contributed by atoms with E-state index in [0.29, 0.717) is 17.7 Å². The van der Waals surface area contributed by atoms with Crippen LogP contribution in [-0.2, 0) is 4.79 Å². The number of hydrogen-bond acceptors (Lipinski definition) is 3. The van der Waals surface area contributed by atoms with Crippen molar-refractivity contribution >= 4 is 11.6 Å². The fourth-order valence-corrected chi connectivity index (χ4v) is 2.34. The van der Waals surface area contributed by atoms with Crippen LogP contribution >= 0.6 is 0 Å². The van der Waals surface area contributed by atoms with Crippen molar-refractivity contribution in [2.75, 3.05) is 5.32 Å². The van der Waals surface area contributed by atoms with Gasteiger partial charge in [-0.2, -0.15) is 5.26 Å². The highest BCUT2D eigenvalue weighted by molar-refractivity contribution is 5.93. The third-order valence-corrected chi connectivity index (χ3v) is 3.48. The van der Waals surface area contributed by atoms with Gasteiger partial charge in [0.1, 0.15) is 6.04 Å². The van der Waals surface area contributed by atoms with Crippen LogP contribution < -0.4 is 10.9 Å². The van der Waals surface area contributed by atoms with E-state index in [4.69, 9.17) is 5.26 Å². The fourth-order valence-electron chi connectivity index (χ4n) is 2.34. The van der Waals surface area contributed by atoms with Crippen LogP contribution in [0.25, 0.3) is 0 Å². The van der Waals surface area contributed by atoms with Gasteiger partial charge in [-0.25, -0.2) is 0 Å². The van der Waals surface area contributed by atoms with Crippen LogP contribution in [-0.4, -0.2) is 10.5 Å². The van der Waals surface area contributed by atoms with Gasteiger partial charge in [0.25, 0.3) is 5.56 Å². The molecule has 5 nitrogen and oxygen atoms in total. The van der Waals surface area contributed by atoms with Crippen molar-refractivity contribution in [3.05, 3.63) is 64.1 Å². The van der Waals surface area contributed by atoms with Crippen LogP contribution in [0.1, 0.15) is 30.6 Å². The first-order chi connectivity index (χ1) is 10.6. The van der Waals surface area contributed by atoms with E-state index in [-0.39, 0.29) is 11.5 Å². The molecule has 0 fully saturated rings. The van der Waals surface area contributed by atoms with Gasteiger partial charge in [-0.3, -0.25) is 9.59 Å². The van der Waals surface area contributed by atoms with Gasteiger partial charge in [-0.1, -0.05) is 13.0 Å². The molecule has 5 heteroatoms. The highest BCUT2D eigenvalue weighted by Crippen LogP contribution is 2.16. The maximum atomic E-state index is 12.5. The van der Waals surface area contributed by atoms with E-state index in [9.17, 15) is 9.59 Å². The van der Waals surface area contributed by atoms with E-state index in [1.165, 1.54) is 10.6 Å². The summed E-state index contributed by atoms with van der Waals surface area (Å²) in [6.07, 6.45) is 0.507. The Hall–Kier alpha value is -2.87. The van der Waals surface area contributed by atoms with Crippen LogP contribution in [0.2, 0.25) is 0 Å². The minimum Gasteiger partial charge on any atom is -0.324 e. The van der Waals surface area contributed by atoms with Crippen LogP contribution in [0, 0.1) is 18.3 Å². The van der Waals surface area contributed by atoms with Crippen LogP contribution in [0.4, 0.5) is 5.69 Å². The molecule has 2 rings (SSSR count). The van der Waals surface area contributed by atoms with E-state index in [1.807, 2.05) is 13.0 Å². The van der Waals surface area contributed by atoms with Crippen LogP contribution in [0.3, 0.4) is 0 Å². The quantitative estimate of drug-likeness (QED) is 0.942. The SMILES string of the molecule is CCC(C(=O)Nc1ccc(C#N)cc1)n1c(C)cccc1=O. The minimum absolute atomic E-state index is 0.193. The molecule has 1 aromatic carbocycles. The second-order valence-corrected chi connectivity index (χ2v) is 4.98. The number of aromatic nitrogens is 1. The molecule has 0 saturated carbocycles.